The first-order valence-electron chi connectivity index (χ1n) is 10.1. The summed E-state index contributed by atoms with van der Waals surface area (Å²) in [5.41, 5.74) is 5.23. The van der Waals surface area contributed by atoms with Crippen molar-refractivity contribution >= 4 is 45.3 Å². The normalized spacial score (nSPS) is 9.88. The average Bonchev–Trinajstić information content (AvgIpc) is 3.69. The van der Waals surface area contributed by atoms with Gasteiger partial charge in [0, 0.05) is 9.75 Å². The van der Waals surface area contributed by atoms with E-state index in [1.807, 2.05) is 12.1 Å². The predicted octanol–water partition coefficient (Wildman–Crippen LogP) is 10.3. The van der Waals surface area contributed by atoms with Crippen LogP contribution < -0.4 is 0 Å². The van der Waals surface area contributed by atoms with Gasteiger partial charge >= 0.3 is 0 Å². The molecule has 6 aromatic rings. The Morgan fingerprint density at radius 1 is 0.344 bits per heavy atom. The first-order chi connectivity index (χ1) is 15.9. The first-order valence-corrected chi connectivity index (χ1v) is 13.8. The van der Waals surface area contributed by atoms with E-state index in [1.54, 1.807) is 45.3 Å². The Hall–Kier alpha value is -2.76. The van der Waals surface area contributed by atoms with E-state index in [-0.39, 0.29) is 0 Å². The zero-order chi connectivity index (χ0) is 21.8. The zero-order valence-corrected chi connectivity index (χ0v) is 20.6. The topological polar surface area (TPSA) is 0 Å². The van der Waals surface area contributed by atoms with E-state index in [0.29, 0.717) is 0 Å². The van der Waals surface area contributed by atoms with Gasteiger partial charge in [0.15, 0.2) is 0 Å². The molecular weight excluding hydrogens is 465 g/mol. The molecule has 0 amide bonds. The lowest BCUT2D eigenvalue weighted by Crippen LogP contribution is -1.73. The number of rotatable bonds is 3. The molecule has 4 aromatic heterocycles. The van der Waals surface area contributed by atoms with Crippen LogP contribution >= 0.6 is 45.3 Å². The molecular formula is C28H22S4. The Morgan fingerprint density at radius 3 is 1.09 bits per heavy atom. The van der Waals surface area contributed by atoms with Crippen LogP contribution in [0, 0.1) is 0 Å². The third-order valence-corrected chi connectivity index (χ3v) is 7.84. The Morgan fingerprint density at radius 2 is 0.781 bits per heavy atom. The largest absolute Gasteiger partial charge is 0.152 e. The average molecular weight is 487 g/mol. The van der Waals surface area contributed by atoms with Gasteiger partial charge in [-0.2, -0.15) is 22.7 Å². The van der Waals surface area contributed by atoms with Gasteiger partial charge in [-0.25, -0.2) is 0 Å². The maximum atomic E-state index is 2.17. The standard InChI is InChI=1S/C12H10.2C8H6S2/c1-3-7-11(8-4-1)12-9-5-2-6-10-12;1-3-9-5-7(1)8-2-4-10-6-8;1-3-7(9-5-1)8-4-2-6-10-8/h1-10H;2*1-6H. The van der Waals surface area contributed by atoms with Gasteiger partial charge in [-0.15, -0.1) is 22.7 Å². The molecule has 32 heavy (non-hydrogen) atoms. The summed E-state index contributed by atoms with van der Waals surface area (Å²) >= 11 is 7.07. The number of thiophene rings is 4. The predicted molar refractivity (Wildman–Crippen MR) is 147 cm³/mol. The van der Waals surface area contributed by atoms with Gasteiger partial charge in [-0.3, -0.25) is 0 Å². The molecule has 0 saturated carbocycles. The lowest BCUT2D eigenvalue weighted by molar-refractivity contribution is 1.62. The molecule has 0 fully saturated rings. The maximum absolute atomic E-state index is 2.17. The molecule has 6 rings (SSSR count). The summed E-state index contributed by atoms with van der Waals surface area (Å²) in [5.74, 6) is 0. The van der Waals surface area contributed by atoms with E-state index < -0.39 is 0 Å². The summed E-state index contributed by atoms with van der Waals surface area (Å²) in [6.07, 6.45) is 0. The summed E-state index contributed by atoms with van der Waals surface area (Å²) in [7, 11) is 0. The lowest BCUT2D eigenvalue weighted by atomic mass is 10.1. The van der Waals surface area contributed by atoms with Crippen LogP contribution in [0.4, 0.5) is 0 Å². The number of hydrogen-bond acceptors (Lipinski definition) is 4. The molecule has 0 unspecified atom stereocenters. The fourth-order valence-corrected chi connectivity index (χ4v) is 5.87. The summed E-state index contributed by atoms with van der Waals surface area (Å²) in [6.45, 7) is 0. The second-order valence-corrected chi connectivity index (χ2v) is 10.2. The van der Waals surface area contributed by atoms with Crippen molar-refractivity contribution in [3.63, 3.8) is 0 Å². The van der Waals surface area contributed by atoms with Gasteiger partial charge in [-0.05, 0) is 78.8 Å². The van der Waals surface area contributed by atoms with E-state index in [2.05, 4.69) is 117 Å². The quantitative estimate of drug-likeness (QED) is 0.233. The van der Waals surface area contributed by atoms with Gasteiger partial charge in [0.05, 0.1) is 0 Å². The monoisotopic (exact) mass is 486 g/mol. The minimum atomic E-state index is 1.28. The molecule has 0 nitrogen and oxygen atoms in total. The van der Waals surface area contributed by atoms with Crippen LogP contribution in [0.3, 0.4) is 0 Å². The van der Waals surface area contributed by atoms with Gasteiger partial charge < -0.3 is 0 Å². The van der Waals surface area contributed by atoms with Crippen molar-refractivity contribution < 1.29 is 0 Å². The molecule has 0 saturated heterocycles. The lowest BCUT2D eigenvalue weighted by Gasteiger charge is -1.98. The van der Waals surface area contributed by atoms with Crippen LogP contribution in [0.15, 0.2) is 129 Å². The second-order valence-electron chi connectivity index (χ2n) is 6.71. The third kappa shape index (κ3) is 6.62. The number of hydrogen-bond donors (Lipinski definition) is 0. The molecule has 0 bridgehead atoms. The summed E-state index contributed by atoms with van der Waals surface area (Å²) < 4.78 is 0. The molecule has 158 valence electrons. The summed E-state index contributed by atoms with van der Waals surface area (Å²) in [5, 5.41) is 12.8. The summed E-state index contributed by atoms with van der Waals surface area (Å²) in [6, 6.07) is 33.5. The van der Waals surface area contributed by atoms with Crippen molar-refractivity contribution in [2.24, 2.45) is 0 Å². The smallest absolute Gasteiger partial charge is 0.0442 e. The highest BCUT2D eigenvalue weighted by molar-refractivity contribution is 7.20. The van der Waals surface area contributed by atoms with Crippen LogP contribution in [0.5, 0.6) is 0 Å². The highest BCUT2D eigenvalue weighted by Gasteiger charge is 1.96. The molecule has 2 aromatic carbocycles. The Bertz CT molecular complexity index is 1050. The van der Waals surface area contributed by atoms with Gasteiger partial charge in [-0.1, -0.05) is 72.8 Å². The van der Waals surface area contributed by atoms with Crippen LogP contribution in [0.2, 0.25) is 0 Å². The molecule has 4 heterocycles. The molecule has 0 aliphatic rings. The van der Waals surface area contributed by atoms with Gasteiger partial charge in [0.25, 0.3) is 0 Å². The third-order valence-electron chi connectivity index (χ3n) is 4.54. The SMILES string of the molecule is c1cc(-c2ccsc2)cs1.c1ccc(-c2ccccc2)cc1.c1csc(-c2cccs2)c1. The minimum Gasteiger partial charge on any atom is -0.152 e. The van der Waals surface area contributed by atoms with E-state index in [4.69, 9.17) is 0 Å². The van der Waals surface area contributed by atoms with Crippen molar-refractivity contribution in [1.29, 1.82) is 0 Å². The van der Waals surface area contributed by atoms with E-state index in [9.17, 15) is 0 Å². The second kappa shape index (κ2) is 12.3. The Balaban J connectivity index is 0.000000115. The zero-order valence-electron chi connectivity index (χ0n) is 17.3. The Labute approximate surface area is 205 Å². The molecule has 0 atom stereocenters. The highest BCUT2D eigenvalue weighted by atomic mass is 32.1. The van der Waals surface area contributed by atoms with Crippen molar-refractivity contribution in [1.82, 2.24) is 0 Å². The summed E-state index contributed by atoms with van der Waals surface area (Å²) in [4.78, 5) is 2.74. The number of benzene rings is 2. The van der Waals surface area contributed by atoms with Crippen molar-refractivity contribution in [3.8, 4) is 32.0 Å². The van der Waals surface area contributed by atoms with Crippen molar-refractivity contribution in [2.75, 3.05) is 0 Å². The van der Waals surface area contributed by atoms with Crippen LogP contribution in [-0.2, 0) is 0 Å². The Kier molecular flexibility index (Phi) is 8.64. The first kappa shape index (κ1) is 22.4. The van der Waals surface area contributed by atoms with Gasteiger partial charge in [0.1, 0.15) is 0 Å². The fraction of sp³-hybridized carbons (Fsp3) is 0. The molecule has 0 aliphatic carbocycles. The van der Waals surface area contributed by atoms with Gasteiger partial charge in [0.2, 0.25) is 0 Å². The van der Waals surface area contributed by atoms with Crippen LogP contribution in [0.1, 0.15) is 0 Å². The molecule has 0 N–H and O–H groups in total. The van der Waals surface area contributed by atoms with E-state index in [0.717, 1.165) is 0 Å². The molecule has 0 aliphatic heterocycles. The van der Waals surface area contributed by atoms with Crippen LogP contribution in [-0.4, -0.2) is 0 Å². The molecule has 0 radical (unpaired) electrons. The highest BCUT2D eigenvalue weighted by Crippen LogP contribution is 2.28. The molecule has 0 spiro atoms. The van der Waals surface area contributed by atoms with E-state index in [1.165, 1.54) is 32.0 Å². The minimum absolute atomic E-state index is 1.28. The molecule has 4 heteroatoms. The van der Waals surface area contributed by atoms with E-state index >= 15 is 0 Å². The maximum Gasteiger partial charge on any atom is 0.0442 e. The van der Waals surface area contributed by atoms with Crippen LogP contribution in [0.25, 0.3) is 32.0 Å². The fourth-order valence-electron chi connectivity index (χ4n) is 2.96. The van der Waals surface area contributed by atoms with Crippen molar-refractivity contribution in [3.05, 3.63) is 129 Å². The van der Waals surface area contributed by atoms with Crippen molar-refractivity contribution in [2.45, 2.75) is 0 Å².